The van der Waals surface area contributed by atoms with Crippen molar-refractivity contribution < 1.29 is 14.4 Å². The lowest BCUT2D eigenvalue weighted by Gasteiger charge is -2.35. The fourth-order valence-corrected chi connectivity index (χ4v) is 3.64. The van der Waals surface area contributed by atoms with E-state index in [2.05, 4.69) is 4.98 Å². The molecule has 0 N–H and O–H groups in total. The first-order valence-electron chi connectivity index (χ1n) is 9.42. The fourth-order valence-electron chi connectivity index (χ4n) is 3.26. The van der Waals surface area contributed by atoms with Crippen LogP contribution in [-0.4, -0.2) is 77.7 Å². The van der Waals surface area contributed by atoms with E-state index in [1.54, 1.807) is 61.2 Å². The predicted octanol–water partition coefficient (Wildman–Crippen LogP) is 3.00. The van der Waals surface area contributed by atoms with Gasteiger partial charge in [-0.3, -0.25) is 14.4 Å². The van der Waals surface area contributed by atoms with Gasteiger partial charge >= 0.3 is 0 Å². The van der Waals surface area contributed by atoms with Crippen LogP contribution in [0.3, 0.4) is 0 Å². The highest BCUT2D eigenvalue weighted by Gasteiger charge is 2.28. The molecule has 0 saturated carbocycles. The second-order valence-corrected chi connectivity index (χ2v) is 8.00. The highest BCUT2D eigenvalue weighted by molar-refractivity contribution is 6.43. The molecule has 9 heteroatoms. The average Bonchev–Trinajstić information content (AvgIpc) is 2.74. The summed E-state index contributed by atoms with van der Waals surface area (Å²) in [5, 5.41) is 0.562. The van der Waals surface area contributed by atoms with Gasteiger partial charge in [0.2, 0.25) is 0 Å². The van der Waals surface area contributed by atoms with Gasteiger partial charge in [0.1, 0.15) is 5.69 Å². The fraction of sp³-hybridized carbons (Fsp3) is 0.333. The Morgan fingerprint density at radius 3 is 2.00 bits per heavy atom. The van der Waals surface area contributed by atoms with Crippen LogP contribution in [-0.2, 0) is 0 Å². The summed E-state index contributed by atoms with van der Waals surface area (Å²) < 4.78 is 0. The summed E-state index contributed by atoms with van der Waals surface area (Å²) in [5.41, 5.74) is 1.59. The first-order chi connectivity index (χ1) is 14.2. The third-order valence-corrected chi connectivity index (χ3v) is 5.80. The minimum absolute atomic E-state index is 0.170. The van der Waals surface area contributed by atoms with E-state index in [9.17, 15) is 14.4 Å². The van der Waals surface area contributed by atoms with Crippen LogP contribution in [0.1, 0.15) is 36.9 Å². The summed E-state index contributed by atoms with van der Waals surface area (Å²) in [4.78, 5) is 46.8. The lowest BCUT2D eigenvalue weighted by atomic mass is 10.1. The van der Waals surface area contributed by atoms with E-state index in [4.69, 9.17) is 23.2 Å². The average molecular weight is 449 g/mol. The number of piperazine rings is 1. The summed E-state index contributed by atoms with van der Waals surface area (Å²) in [6, 6.07) is 8.14. The van der Waals surface area contributed by atoms with Crippen LogP contribution in [0.15, 0.2) is 30.3 Å². The first-order valence-corrected chi connectivity index (χ1v) is 10.2. The van der Waals surface area contributed by atoms with E-state index in [0.29, 0.717) is 53.7 Å². The number of aromatic nitrogens is 1. The molecule has 1 aliphatic rings. The maximum atomic E-state index is 12.9. The van der Waals surface area contributed by atoms with Crippen molar-refractivity contribution in [2.24, 2.45) is 0 Å². The van der Waals surface area contributed by atoms with Crippen LogP contribution in [0, 0.1) is 6.92 Å². The molecule has 0 bridgehead atoms. The van der Waals surface area contributed by atoms with Crippen molar-refractivity contribution in [1.82, 2.24) is 19.7 Å². The van der Waals surface area contributed by atoms with Crippen LogP contribution in [0.25, 0.3) is 0 Å². The summed E-state index contributed by atoms with van der Waals surface area (Å²) in [6.45, 7) is 3.26. The zero-order chi connectivity index (χ0) is 22.0. The molecule has 0 atom stereocenters. The molecule has 2 heterocycles. The van der Waals surface area contributed by atoms with Gasteiger partial charge in [-0.25, -0.2) is 4.98 Å². The van der Waals surface area contributed by atoms with E-state index in [0.717, 1.165) is 0 Å². The number of carbonyl (C=O) groups is 3. The highest BCUT2D eigenvalue weighted by atomic mass is 35.5. The van der Waals surface area contributed by atoms with Crippen LogP contribution >= 0.6 is 23.2 Å². The van der Waals surface area contributed by atoms with E-state index in [1.165, 1.54) is 4.90 Å². The molecule has 0 aliphatic carbocycles. The normalized spacial score (nSPS) is 13.9. The Bertz CT molecular complexity index is 1000. The number of pyridine rings is 1. The molecule has 0 unspecified atom stereocenters. The van der Waals surface area contributed by atoms with Gasteiger partial charge in [0, 0.05) is 40.3 Å². The van der Waals surface area contributed by atoms with Crippen molar-refractivity contribution in [3.8, 4) is 0 Å². The second-order valence-electron chi connectivity index (χ2n) is 7.21. The van der Waals surface area contributed by atoms with Crippen LogP contribution in [0.5, 0.6) is 0 Å². The Labute approximate surface area is 185 Å². The maximum Gasteiger partial charge on any atom is 0.271 e. The molecule has 1 aromatic heterocycles. The van der Waals surface area contributed by atoms with Gasteiger partial charge in [-0.05, 0) is 31.2 Å². The van der Waals surface area contributed by atoms with Crippen LogP contribution in [0.4, 0.5) is 0 Å². The monoisotopic (exact) mass is 448 g/mol. The molecular weight excluding hydrogens is 427 g/mol. The molecule has 1 aliphatic heterocycles. The molecule has 3 amide bonds. The van der Waals surface area contributed by atoms with Crippen molar-refractivity contribution in [2.45, 2.75) is 6.92 Å². The number of amides is 3. The van der Waals surface area contributed by atoms with Crippen molar-refractivity contribution in [1.29, 1.82) is 0 Å². The third-order valence-electron chi connectivity index (χ3n) is 4.98. The molecule has 0 radical (unpaired) electrons. The van der Waals surface area contributed by atoms with Gasteiger partial charge in [-0.15, -0.1) is 0 Å². The number of hydrogen-bond donors (Lipinski definition) is 0. The molecule has 3 rings (SSSR count). The van der Waals surface area contributed by atoms with E-state index in [-0.39, 0.29) is 22.7 Å². The summed E-state index contributed by atoms with van der Waals surface area (Å²) in [7, 11) is 3.30. The number of aryl methyl sites for hydroxylation is 1. The molecule has 1 fully saturated rings. The number of nitrogens with zero attached hydrogens (tertiary/aromatic N) is 4. The number of rotatable bonds is 3. The first kappa shape index (κ1) is 22.1. The molecule has 2 aromatic rings. The molecule has 1 aromatic carbocycles. The van der Waals surface area contributed by atoms with Crippen molar-refractivity contribution in [3.05, 3.63) is 62.9 Å². The zero-order valence-corrected chi connectivity index (χ0v) is 18.5. The molecular formula is C21H22Cl2N4O3. The van der Waals surface area contributed by atoms with E-state index < -0.39 is 0 Å². The number of benzene rings is 1. The van der Waals surface area contributed by atoms with Crippen molar-refractivity contribution in [2.75, 3.05) is 40.3 Å². The summed E-state index contributed by atoms with van der Waals surface area (Å²) >= 11 is 12.2. The van der Waals surface area contributed by atoms with Gasteiger partial charge < -0.3 is 14.7 Å². The van der Waals surface area contributed by atoms with E-state index >= 15 is 0 Å². The molecule has 30 heavy (non-hydrogen) atoms. The molecule has 1 saturated heterocycles. The molecule has 158 valence electrons. The Hall–Kier alpha value is -2.64. The number of halogens is 2. The lowest BCUT2D eigenvalue weighted by molar-refractivity contribution is 0.0534. The van der Waals surface area contributed by atoms with Crippen molar-refractivity contribution in [3.63, 3.8) is 0 Å². The third kappa shape index (κ3) is 4.42. The summed E-state index contributed by atoms with van der Waals surface area (Å²) in [5.74, 6) is -0.598. The van der Waals surface area contributed by atoms with Gasteiger partial charge in [0.15, 0.2) is 0 Å². The number of hydrogen-bond acceptors (Lipinski definition) is 4. The highest BCUT2D eigenvalue weighted by Crippen LogP contribution is 2.27. The van der Waals surface area contributed by atoms with Gasteiger partial charge in [0.25, 0.3) is 17.7 Å². The maximum absolute atomic E-state index is 12.9. The Balaban J connectivity index is 1.68. The summed E-state index contributed by atoms with van der Waals surface area (Å²) in [6.07, 6.45) is 0. The van der Waals surface area contributed by atoms with Crippen LogP contribution < -0.4 is 0 Å². The Morgan fingerprint density at radius 2 is 1.47 bits per heavy atom. The minimum Gasteiger partial charge on any atom is -0.343 e. The quantitative estimate of drug-likeness (QED) is 0.722. The predicted molar refractivity (Wildman–Crippen MR) is 115 cm³/mol. The topological polar surface area (TPSA) is 73.8 Å². The van der Waals surface area contributed by atoms with E-state index in [1.807, 2.05) is 0 Å². The van der Waals surface area contributed by atoms with Gasteiger partial charge in [-0.2, -0.15) is 0 Å². The lowest BCUT2D eigenvalue weighted by Crippen LogP contribution is -2.50. The largest absolute Gasteiger partial charge is 0.343 e. The molecule has 7 nitrogen and oxygen atoms in total. The molecule has 0 spiro atoms. The number of carbonyl (C=O) groups excluding carboxylic acids is 3. The van der Waals surface area contributed by atoms with Crippen LogP contribution in [0.2, 0.25) is 10.0 Å². The van der Waals surface area contributed by atoms with Gasteiger partial charge in [0.05, 0.1) is 26.9 Å². The smallest absolute Gasteiger partial charge is 0.271 e. The second kappa shape index (κ2) is 9.02. The Kier molecular flexibility index (Phi) is 6.63. The SMILES string of the molecule is Cc1nc(C(=O)N(C)C)ccc1C(=O)N1CCN(C(=O)c2cccc(Cl)c2Cl)CC1. The zero-order valence-electron chi connectivity index (χ0n) is 17.0. The standard InChI is InChI=1S/C21H22Cl2N4O3/c1-13-14(7-8-17(24-13)21(30)25(2)3)19(28)26-9-11-27(12-10-26)20(29)15-5-4-6-16(22)18(15)23/h4-8H,9-12H2,1-3H3. The Morgan fingerprint density at radius 1 is 0.900 bits per heavy atom. The van der Waals surface area contributed by atoms with Gasteiger partial charge in [-0.1, -0.05) is 29.3 Å². The van der Waals surface area contributed by atoms with Crippen molar-refractivity contribution >= 4 is 40.9 Å². The minimum atomic E-state index is -0.219.